The van der Waals surface area contributed by atoms with Crippen molar-refractivity contribution in [3.05, 3.63) is 35.6 Å². The van der Waals surface area contributed by atoms with Crippen molar-refractivity contribution in [2.75, 3.05) is 6.61 Å². The van der Waals surface area contributed by atoms with E-state index in [0.717, 1.165) is 0 Å². The van der Waals surface area contributed by atoms with E-state index in [1.54, 1.807) is 6.92 Å². The maximum atomic E-state index is 12.8. The van der Waals surface area contributed by atoms with Crippen LogP contribution in [0.1, 0.15) is 18.5 Å². The number of carbonyl (C=O) groups excluding carboxylic acids is 2. The average Bonchev–Trinajstić information content (AvgIpc) is 2.73. The zero-order chi connectivity index (χ0) is 13.1. The predicted octanol–water partition coefficient (Wildman–Crippen LogP) is 1.54. The topological polar surface area (TPSA) is 64.6 Å². The van der Waals surface area contributed by atoms with Crippen LogP contribution in [0.3, 0.4) is 0 Å². The van der Waals surface area contributed by atoms with Gasteiger partial charge in [0.1, 0.15) is 11.9 Å². The highest BCUT2D eigenvalue weighted by Crippen LogP contribution is 2.25. The van der Waals surface area contributed by atoms with Crippen LogP contribution < -0.4 is 5.32 Å². The Morgan fingerprint density at radius 1 is 1.44 bits per heavy atom. The molecule has 2 rings (SSSR count). The van der Waals surface area contributed by atoms with Gasteiger partial charge in [0.05, 0.1) is 6.61 Å². The summed E-state index contributed by atoms with van der Waals surface area (Å²) in [6.45, 7) is 1.86. The van der Waals surface area contributed by atoms with Gasteiger partial charge in [-0.3, -0.25) is 0 Å². The van der Waals surface area contributed by atoms with E-state index in [0.29, 0.717) is 5.56 Å². The fourth-order valence-corrected chi connectivity index (χ4v) is 1.76. The quantitative estimate of drug-likeness (QED) is 0.830. The number of hydrogen-bond acceptors (Lipinski definition) is 4. The van der Waals surface area contributed by atoms with Crippen LogP contribution in [-0.4, -0.2) is 24.8 Å². The van der Waals surface area contributed by atoms with Gasteiger partial charge in [-0.05, 0) is 24.6 Å². The fraction of sp³-hybridized carbons (Fsp3) is 0.333. The first-order valence-corrected chi connectivity index (χ1v) is 5.51. The maximum Gasteiger partial charge on any atom is 0.408 e. The number of amides is 1. The molecule has 6 heteroatoms. The SMILES string of the molecule is CCOC(=O)[C@H]1OC(=O)N[C@@H]1c1ccc(F)cc1. The first-order valence-electron chi connectivity index (χ1n) is 5.51. The molecule has 1 saturated heterocycles. The summed E-state index contributed by atoms with van der Waals surface area (Å²) in [5.74, 6) is -1.01. The highest BCUT2D eigenvalue weighted by Gasteiger charge is 2.41. The molecule has 0 unspecified atom stereocenters. The molecule has 0 radical (unpaired) electrons. The fourth-order valence-electron chi connectivity index (χ4n) is 1.76. The summed E-state index contributed by atoms with van der Waals surface area (Å²) < 4.78 is 22.5. The van der Waals surface area contributed by atoms with Gasteiger partial charge in [0, 0.05) is 0 Å². The highest BCUT2D eigenvalue weighted by atomic mass is 19.1. The van der Waals surface area contributed by atoms with Crippen molar-refractivity contribution >= 4 is 12.1 Å². The molecule has 2 atom stereocenters. The molecule has 96 valence electrons. The lowest BCUT2D eigenvalue weighted by atomic mass is 10.0. The molecule has 1 heterocycles. The van der Waals surface area contributed by atoms with Crippen LogP contribution in [0.15, 0.2) is 24.3 Å². The molecule has 1 aromatic rings. The Kier molecular flexibility index (Phi) is 3.45. The Bertz CT molecular complexity index is 460. The summed E-state index contributed by atoms with van der Waals surface area (Å²) in [6, 6.07) is 4.82. The zero-order valence-electron chi connectivity index (χ0n) is 9.68. The van der Waals surface area contributed by atoms with E-state index >= 15 is 0 Å². The van der Waals surface area contributed by atoms with Crippen LogP contribution in [0.25, 0.3) is 0 Å². The second-order valence-electron chi connectivity index (χ2n) is 3.75. The highest BCUT2D eigenvalue weighted by molar-refractivity contribution is 5.83. The van der Waals surface area contributed by atoms with Crippen molar-refractivity contribution < 1.29 is 23.5 Å². The molecule has 1 fully saturated rings. The summed E-state index contributed by atoms with van der Waals surface area (Å²) in [5, 5.41) is 2.49. The molecule has 5 nitrogen and oxygen atoms in total. The van der Waals surface area contributed by atoms with Crippen LogP contribution in [0.5, 0.6) is 0 Å². The molecular weight excluding hydrogens is 241 g/mol. The summed E-state index contributed by atoms with van der Waals surface area (Å²) in [5.41, 5.74) is 0.584. The molecule has 18 heavy (non-hydrogen) atoms. The van der Waals surface area contributed by atoms with Crippen LogP contribution in [0, 0.1) is 5.82 Å². The second-order valence-corrected chi connectivity index (χ2v) is 3.75. The molecule has 1 aliphatic rings. The third-order valence-corrected chi connectivity index (χ3v) is 2.56. The van der Waals surface area contributed by atoms with E-state index in [-0.39, 0.29) is 6.61 Å². The smallest absolute Gasteiger partial charge is 0.408 e. The number of nitrogens with one attached hydrogen (secondary N) is 1. The lowest BCUT2D eigenvalue weighted by Crippen LogP contribution is -2.30. The second kappa shape index (κ2) is 5.03. The molecule has 1 N–H and O–H groups in total. The van der Waals surface area contributed by atoms with Crippen molar-refractivity contribution in [3.63, 3.8) is 0 Å². The number of carbonyl (C=O) groups is 2. The summed E-state index contributed by atoms with van der Waals surface area (Å²) in [6.07, 6.45) is -1.73. The van der Waals surface area contributed by atoms with Gasteiger partial charge in [0.15, 0.2) is 0 Å². The van der Waals surface area contributed by atoms with Crippen LogP contribution in [0.2, 0.25) is 0 Å². The molecule has 0 spiro atoms. The molecule has 1 amide bonds. The molecule has 1 aromatic carbocycles. The first kappa shape index (κ1) is 12.3. The summed E-state index contributed by atoms with van der Waals surface area (Å²) >= 11 is 0. The van der Waals surface area contributed by atoms with Crippen molar-refractivity contribution in [1.29, 1.82) is 0 Å². The van der Waals surface area contributed by atoms with Gasteiger partial charge in [0.25, 0.3) is 0 Å². The number of cyclic esters (lactones) is 1. The van der Waals surface area contributed by atoms with Crippen LogP contribution in [0.4, 0.5) is 9.18 Å². The van der Waals surface area contributed by atoms with Gasteiger partial charge < -0.3 is 14.8 Å². The first-order chi connectivity index (χ1) is 8.61. The molecule has 0 saturated carbocycles. The van der Waals surface area contributed by atoms with Crippen LogP contribution in [-0.2, 0) is 14.3 Å². The zero-order valence-corrected chi connectivity index (χ0v) is 9.68. The van der Waals surface area contributed by atoms with Gasteiger partial charge >= 0.3 is 12.1 Å². The van der Waals surface area contributed by atoms with Crippen molar-refractivity contribution in [2.45, 2.75) is 19.1 Å². The van der Waals surface area contributed by atoms with E-state index in [1.165, 1.54) is 24.3 Å². The van der Waals surface area contributed by atoms with Gasteiger partial charge in [0.2, 0.25) is 6.10 Å². The van der Waals surface area contributed by atoms with E-state index < -0.39 is 30.0 Å². The van der Waals surface area contributed by atoms with Gasteiger partial charge in [-0.15, -0.1) is 0 Å². The Hall–Kier alpha value is -2.11. The summed E-state index contributed by atoms with van der Waals surface area (Å²) in [7, 11) is 0. The third kappa shape index (κ3) is 2.42. The monoisotopic (exact) mass is 253 g/mol. The lowest BCUT2D eigenvalue weighted by molar-refractivity contribution is -0.152. The number of hydrogen-bond donors (Lipinski definition) is 1. The largest absolute Gasteiger partial charge is 0.463 e. The lowest BCUT2D eigenvalue weighted by Gasteiger charge is -2.15. The minimum Gasteiger partial charge on any atom is -0.463 e. The number of esters is 1. The van der Waals surface area contributed by atoms with Crippen LogP contribution >= 0.6 is 0 Å². The Morgan fingerprint density at radius 3 is 2.72 bits per heavy atom. The maximum absolute atomic E-state index is 12.8. The van der Waals surface area contributed by atoms with Crippen molar-refractivity contribution in [2.24, 2.45) is 0 Å². The number of ether oxygens (including phenoxy) is 2. The normalized spacial score (nSPS) is 22.2. The molecule has 0 aliphatic carbocycles. The number of rotatable bonds is 3. The van der Waals surface area contributed by atoms with Gasteiger partial charge in [-0.25, -0.2) is 14.0 Å². The molecule has 0 bridgehead atoms. The Labute approximate surface area is 103 Å². The minimum atomic E-state index is -1.04. The third-order valence-electron chi connectivity index (χ3n) is 2.56. The van der Waals surface area contributed by atoms with Gasteiger partial charge in [-0.1, -0.05) is 12.1 Å². The Morgan fingerprint density at radius 2 is 2.11 bits per heavy atom. The van der Waals surface area contributed by atoms with E-state index in [4.69, 9.17) is 9.47 Å². The van der Waals surface area contributed by atoms with E-state index in [2.05, 4.69) is 5.32 Å². The summed E-state index contributed by atoms with van der Waals surface area (Å²) in [4.78, 5) is 22.8. The minimum absolute atomic E-state index is 0.197. The van der Waals surface area contributed by atoms with Crippen molar-refractivity contribution in [3.8, 4) is 0 Å². The molecule has 0 aromatic heterocycles. The van der Waals surface area contributed by atoms with Gasteiger partial charge in [-0.2, -0.15) is 0 Å². The molecular formula is C12H12FNO4. The standard InChI is InChI=1S/C12H12FNO4/c1-2-17-11(15)10-9(14-12(16)18-10)7-3-5-8(13)6-4-7/h3-6,9-10H,2H2,1H3,(H,14,16)/t9-,10+/m1/s1. The Balaban J connectivity index is 2.21. The van der Waals surface area contributed by atoms with E-state index in [9.17, 15) is 14.0 Å². The number of alkyl carbamates (subject to hydrolysis) is 1. The average molecular weight is 253 g/mol. The predicted molar refractivity (Wildman–Crippen MR) is 59.2 cm³/mol. The number of benzene rings is 1. The molecule has 1 aliphatic heterocycles. The van der Waals surface area contributed by atoms with E-state index in [1.807, 2.05) is 0 Å². The number of halogens is 1. The van der Waals surface area contributed by atoms with Crippen molar-refractivity contribution in [1.82, 2.24) is 5.32 Å².